The second kappa shape index (κ2) is 10.4. The summed E-state index contributed by atoms with van der Waals surface area (Å²) in [6, 6.07) is 1.20. The lowest BCUT2D eigenvalue weighted by molar-refractivity contribution is -0.143. The molecule has 2 amide bonds. The van der Waals surface area contributed by atoms with Gasteiger partial charge in [0.15, 0.2) is 12.1 Å². The number of methoxy groups -OCH3 is 1. The molecule has 13 heteroatoms. The number of rotatable bonds is 5. The lowest BCUT2D eigenvalue weighted by Crippen LogP contribution is -2.52. The molecule has 2 aromatic rings. The van der Waals surface area contributed by atoms with Crippen molar-refractivity contribution in [1.29, 1.82) is 0 Å². The molecule has 0 spiro atoms. The first kappa shape index (κ1) is 27.2. The number of alkyl halides is 3. The number of fused-ring (bicyclic) bond motifs is 2. The Morgan fingerprint density at radius 1 is 1.25 bits per heavy atom. The van der Waals surface area contributed by atoms with Gasteiger partial charge in [0.1, 0.15) is 6.26 Å². The molecule has 2 aromatic heterocycles. The highest BCUT2D eigenvalue weighted by Gasteiger charge is 2.60. The standard InChI is InChI=1S/C27H32F3N5O5/c1-38-23-13-39-5-3-21(23)33-19-7-18-11-35(24(36)22-12-40-15-32-22)14-26(18,8-19)25(37)34-4-2-20-16(10-34)6-17(9-31-20)27(28,29)30/h6,9,12,15,18-19,21,23,33H,2-5,7-8,10-11,13-14H2,1H3/t18-,19?,21?,23?,26-/m0/s1. The predicted octanol–water partition coefficient (Wildman–Crippen LogP) is 2.29. The summed E-state index contributed by atoms with van der Waals surface area (Å²) in [5, 5.41) is 3.70. The number of aromatic nitrogens is 2. The second-order valence-corrected chi connectivity index (χ2v) is 11.3. The Kier molecular flexibility index (Phi) is 7.07. The van der Waals surface area contributed by atoms with Crippen LogP contribution in [-0.2, 0) is 33.4 Å². The lowest BCUT2D eigenvalue weighted by Gasteiger charge is -2.37. The molecule has 0 radical (unpaired) electrons. The maximum atomic E-state index is 14.3. The largest absolute Gasteiger partial charge is 0.451 e. The van der Waals surface area contributed by atoms with Gasteiger partial charge in [-0.15, -0.1) is 0 Å². The molecule has 5 atom stereocenters. The van der Waals surface area contributed by atoms with Gasteiger partial charge < -0.3 is 29.0 Å². The van der Waals surface area contributed by atoms with E-state index >= 15 is 0 Å². The van der Waals surface area contributed by atoms with Gasteiger partial charge in [0.05, 0.1) is 23.7 Å². The number of oxazole rings is 1. The fraction of sp³-hybridized carbons (Fsp3) is 0.630. The van der Waals surface area contributed by atoms with Crippen LogP contribution in [0.25, 0.3) is 0 Å². The van der Waals surface area contributed by atoms with Gasteiger partial charge in [0.2, 0.25) is 5.91 Å². The number of halogens is 3. The van der Waals surface area contributed by atoms with Gasteiger partial charge in [0, 0.05) is 70.3 Å². The topological polar surface area (TPSA) is 110 Å². The number of likely N-dealkylation sites (tertiary alicyclic amines) is 1. The molecule has 1 aliphatic carbocycles. The van der Waals surface area contributed by atoms with Gasteiger partial charge in [-0.3, -0.25) is 14.6 Å². The van der Waals surface area contributed by atoms with Gasteiger partial charge in [0.25, 0.3) is 5.91 Å². The zero-order chi connectivity index (χ0) is 28.1. The fourth-order valence-electron chi connectivity index (χ4n) is 6.97. The van der Waals surface area contributed by atoms with E-state index in [9.17, 15) is 22.8 Å². The van der Waals surface area contributed by atoms with Crippen LogP contribution in [-0.4, -0.2) is 89.7 Å². The maximum absolute atomic E-state index is 14.3. The van der Waals surface area contributed by atoms with E-state index in [4.69, 9.17) is 13.9 Å². The van der Waals surface area contributed by atoms with E-state index in [2.05, 4.69) is 15.3 Å². The molecular formula is C27H32F3N5O5. The summed E-state index contributed by atoms with van der Waals surface area (Å²) in [6.45, 7) is 2.14. The molecule has 2 saturated heterocycles. The van der Waals surface area contributed by atoms with Crippen molar-refractivity contribution in [3.63, 3.8) is 0 Å². The van der Waals surface area contributed by atoms with Crippen molar-refractivity contribution in [3.05, 3.63) is 47.4 Å². The van der Waals surface area contributed by atoms with Crippen LogP contribution in [0.1, 0.15) is 46.6 Å². The first-order valence-electron chi connectivity index (χ1n) is 13.6. The number of carbonyl (C=O) groups excluding carboxylic acids is 2. The molecule has 4 aliphatic rings. The van der Waals surface area contributed by atoms with Crippen LogP contribution >= 0.6 is 0 Å². The Bertz CT molecular complexity index is 1260. The van der Waals surface area contributed by atoms with E-state index in [0.29, 0.717) is 56.8 Å². The van der Waals surface area contributed by atoms with Gasteiger partial charge in [-0.25, -0.2) is 4.98 Å². The Morgan fingerprint density at radius 2 is 2.10 bits per heavy atom. The van der Waals surface area contributed by atoms with Crippen LogP contribution in [0.3, 0.4) is 0 Å². The van der Waals surface area contributed by atoms with Crippen LogP contribution in [0.5, 0.6) is 0 Å². The molecule has 216 valence electrons. The highest BCUT2D eigenvalue weighted by Crippen LogP contribution is 2.51. The molecule has 10 nitrogen and oxygen atoms in total. The van der Waals surface area contributed by atoms with Crippen molar-refractivity contribution in [3.8, 4) is 0 Å². The van der Waals surface area contributed by atoms with E-state index in [1.807, 2.05) is 0 Å². The monoisotopic (exact) mass is 563 g/mol. The molecular weight excluding hydrogens is 531 g/mol. The second-order valence-electron chi connectivity index (χ2n) is 11.3. The Morgan fingerprint density at radius 3 is 2.85 bits per heavy atom. The minimum absolute atomic E-state index is 0.0228. The first-order valence-corrected chi connectivity index (χ1v) is 13.6. The van der Waals surface area contributed by atoms with Crippen LogP contribution < -0.4 is 5.32 Å². The summed E-state index contributed by atoms with van der Waals surface area (Å²) >= 11 is 0. The van der Waals surface area contributed by atoms with Gasteiger partial charge in [-0.05, 0) is 36.8 Å². The predicted molar refractivity (Wildman–Crippen MR) is 133 cm³/mol. The number of ether oxygens (including phenoxy) is 2. The highest BCUT2D eigenvalue weighted by atomic mass is 19.4. The lowest BCUT2D eigenvalue weighted by atomic mass is 9.78. The summed E-state index contributed by atoms with van der Waals surface area (Å²) in [5.41, 5.74) is -0.515. The average Bonchev–Trinajstić information content (AvgIpc) is 3.67. The van der Waals surface area contributed by atoms with E-state index in [1.54, 1.807) is 16.9 Å². The Labute approximate surface area is 229 Å². The zero-order valence-corrected chi connectivity index (χ0v) is 22.2. The summed E-state index contributed by atoms with van der Waals surface area (Å²) < 4.78 is 56.3. The summed E-state index contributed by atoms with van der Waals surface area (Å²) in [4.78, 5) is 38.9. The molecule has 0 bridgehead atoms. The molecule has 3 unspecified atom stereocenters. The molecule has 5 heterocycles. The Hall–Kier alpha value is -3.03. The number of nitrogens with one attached hydrogen (secondary N) is 1. The van der Waals surface area contributed by atoms with Crippen LogP contribution in [0.15, 0.2) is 29.3 Å². The van der Waals surface area contributed by atoms with Gasteiger partial charge in [-0.2, -0.15) is 13.2 Å². The number of carbonyl (C=O) groups is 2. The quantitative estimate of drug-likeness (QED) is 0.590. The highest BCUT2D eigenvalue weighted by molar-refractivity contribution is 5.93. The third-order valence-electron chi connectivity index (χ3n) is 8.95. The molecule has 3 fully saturated rings. The molecule has 6 rings (SSSR count). The first-order chi connectivity index (χ1) is 19.2. The summed E-state index contributed by atoms with van der Waals surface area (Å²) in [6.07, 6.45) is 1.09. The smallest absolute Gasteiger partial charge is 0.417 e. The van der Waals surface area contributed by atoms with Crippen molar-refractivity contribution in [2.24, 2.45) is 11.3 Å². The number of pyridine rings is 1. The minimum Gasteiger partial charge on any atom is -0.451 e. The fourth-order valence-corrected chi connectivity index (χ4v) is 6.97. The van der Waals surface area contributed by atoms with E-state index in [0.717, 1.165) is 18.7 Å². The van der Waals surface area contributed by atoms with E-state index in [-0.39, 0.29) is 54.7 Å². The third kappa shape index (κ3) is 4.88. The normalized spacial score (nSPS) is 30.3. The average molecular weight is 564 g/mol. The molecule has 0 aromatic carbocycles. The number of hydrogen-bond donors (Lipinski definition) is 1. The van der Waals surface area contributed by atoms with Crippen LogP contribution in [0, 0.1) is 11.3 Å². The van der Waals surface area contributed by atoms with Crippen molar-refractivity contribution in [2.75, 3.05) is 40.0 Å². The van der Waals surface area contributed by atoms with Crippen LogP contribution in [0.2, 0.25) is 0 Å². The summed E-state index contributed by atoms with van der Waals surface area (Å²) in [7, 11) is 1.66. The minimum atomic E-state index is -4.51. The zero-order valence-electron chi connectivity index (χ0n) is 22.2. The van der Waals surface area contributed by atoms with Crippen molar-refractivity contribution in [2.45, 2.75) is 56.6 Å². The van der Waals surface area contributed by atoms with Gasteiger partial charge in [-0.1, -0.05) is 0 Å². The van der Waals surface area contributed by atoms with Crippen molar-refractivity contribution < 1.29 is 36.7 Å². The number of amides is 2. The molecule has 40 heavy (non-hydrogen) atoms. The van der Waals surface area contributed by atoms with Gasteiger partial charge >= 0.3 is 6.18 Å². The number of nitrogens with zero attached hydrogens (tertiary/aromatic N) is 4. The van der Waals surface area contributed by atoms with E-state index < -0.39 is 17.2 Å². The summed E-state index contributed by atoms with van der Waals surface area (Å²) in [5.74, 6) is -0.544. The maximum Gasteiger partial charge on any atom is 0.417 e. The molecule has 1 saturated carbocycles. The van der Waals surface area contributed by atoms with Crippen molar-refractivity contribution >= 4 is 11.8 Å². The molecule has 3 aliphatic heterocycles. The van der Waals surface area contributed by atoms with Crippen LogP contribution in [0.4, 0.5) is 13.2 Å². The molecule has 1 N–H and O–H groups in total. The van der Waals surface area contributed by atoms with Crippen molar-refractivity contribution in [1.82, 2.24) is 25.1 Å². The Balaban J connectivity index is 1.25. The van der Waals surface area contributed by atoms with E-state index in [1.165, 1.54) is 12.7 Å². The number of hydrogen-bond acceptors (Lipinski definition) is 8. The SMILES string of the molecule is COC1COCCC1NC1C[C@H]2CN(C(=O)c3cocn3)C[C@@]2(C(=O)N2CCc3ncc(C(F)(F)F)cc3C2)C1. The third-order valence-corrected chi connectivity index (χ3v) is 8.95.